The average molecular weight is 239 g/mol. The monoisotopic (exact) mass is 239 g/mol. The molecule has 2 aromatic carbocycles. The Balaban J connectivity index is 2.04. The third kappa shape index (κ3) is 1.84. The molecular formula is C16H15O2. The smallest absolute Gasteiger partial charge is 0.130 e. The first-order chi connectivity index (χ1) is 8.78. The summed E-state index contributed by atoms with van der Waals surface area (Å²) in [5.74, 6) is 1.84. The van der Waals surface area contributed by atoms with Crippen LogP contribution < -0.4 is 9.47 Å². The van der Waals surface area contributed by atoms with Crippen LogP contribution in [0.2, 0.25) is 0 Å². The van der Waals surface area contributed by atoms with Gasteiger partial charge in [0.05, 0.1) is 7.11 Å². The molecule has 3 rings (SSSR count). The molecule has 18 heavy (non-hydrogen) atoms. The SMILES string of the molecule is [CH2]C1Cc2cccc(-c3ccc(OC)cc3)c2O1. The maximum absolute atomic E-state index is 5.81. The molecule has 1 heterocycles. The Labute approximate surface area is 107 Å². The van der Waals surface area contributed by atoms with Crippen molar-refractivity contribution in [3.8, 4) is 22.6 Å². The molecule has 0 fully saturated rings. The third-order valence-electron chi connectivity index (χ3n) is 3.23. The molecule has 0 aliphatic carbocycles. The van der Waals surface area contributed by atoms with Crippen molar-refractivity contribution in [2.24, 2.45) is 0 Å². The summed E-state index contributed by atoms with van der Waals surface area (Å²) in [6.45, 7) is 3.97. The van der Waals surface area contributed by atoms with E-state index in [1.807, 2.05) is 24.3 Å². The van der Waals surface area contributed by atoms with Gasteiger partial charge in [-0.25, -0.2) is 0 Å². The van der Waals surface area contributed by atoms with E-state index in [1.165, 1.54) is 5.56 Å². The van der Waals surface area contributed by atoms with Crippen LogP contribution in [-0.4, -0.2) is 13.2 Å². The summed E-state index contributed by atoms with van der Waals surface area (Å²) in [5, 5.41) is 0. The second-order valence-corrected chi connectivity index (χ2v) is 4.47. The largest absolute Gasteiger partial charge is 0.497 e. The Morgan fingerprint density at radius 2 is 1.94 bits per heavy atom. The maximum atomic E-state index is 5.81. The molecule has 0 bridgehead atoms. The lowest BCUT2D eigenvalue weighted by Crippen LogP contribution is -2.06. The number of methoxy groups -OCH3 is 1. The fraction of sp³-hybridized carbons (Fsp3) is 0.188. The number of ether oxygens (including phenoxy) is 2. The van der Waals surface area contributed by atoms with Gasteiger partial charge in [0.25, 0.3) is 0 Å². The molecule has 2 aromatic rings. The molecule has 1 aliphatic heterocycles. The molecule has 0 saturated heterocycles. The molecular weight excluding hydrogens is 224 g/mol. The average Bonchev–Trinajstić information content (AvgIpc) is 2.79. The van der Waals surface area contributed by atoms with E-state index >= 15 is 0 Å². The molecule has 1 aliphatic rings. The van der Waals surface area contributed by atoms with Crippen molar-refractivity contribution in [2.45, 2.75) is 12.5 Å². The lowest BCUT2D eigenvalue weighted by molar-refractivity contribution is 0.282. The fourth-order valence-electron chi connectivity index (χ4n) is 2.34. The lowest BCUT2D eigenvalue weighted by atomic mass is 10.0. The van der Waals surface area contributed by atoms with Gasteiger partial charge in [-0.15, -0.1) is 0 Å². The van der Waals surface area contributed by atoms with Gasteiger partial charge in [0.1, 0.15) is 17.6 Å². The lowest BCUT2D eigenvalue weighted by Gasteiger charge is -2.10. The van der Waals surface area contributed by atoms with Crippen LogP contribution in [0, 0.1) is 6.92 Å². The van der Waals surface area contributed by atoms with E-state index in [0.29, 0.717) is 0 Å². The van der Waals surface area contributed by atoms with Crippen molar-refractivity contribution in [3.63, 3.8) is 0 Å². The summed E-state index contributed by atoms with van der Waals surface area (Å²) in [4.78, 5) is 0. The maximum Gasteiger partial charge on any atom is 0.130 e. The summed E-state index contributed by atoms with van der Waals surface area (Å²) in [5.41, 5.74) is 3.51. The van der Waals surface area contributed by atoms with Crippen LogP contribution in [0.3, 0.4) is 0 Å². The highest BCUT2D eigenvalue weighted by molar-refractivity contribution is 5.73. The molecule has 91 valence electrons. The number of hydrogen-bond donors (Lipinski definition) is 0. The van der Waals surface area contributed by atoms with Crippen molar-refractivity contribution < 1.29 is 9.47 Å². The van der Waals surface area contributed by atoms with E-state index in [1.54, 1.807) is 7.11 Å². The number of para-hydroxylation sites is 1. The molecule has 0 aromatic heterocycles. The Hall–Kier alpha value is -1.96. The highest BCUT2D eigenvalue weighted by atomic mass is 16.5. The summed E-state index contributed by atoms with van der Waals surface area (Å²) in [7, 11) is 1.67. The standard InChI is InChI=1S/C16H15O2/c1-11-10-13-4-3-5-15(16(13)18-11)12-6-8-14(17-2)9-7-12/h3-9,11H,1,10H2,2H3. The van der Waals surface area contributed by atoms with Gasteiger partial charge in [0, 0.05) is 12.0 Å². The third-order valence-corrected chi connectivity index (χ3v) is 3.23. The first-order valence-corrected chi connectivity index (χ1v) is 6.04. The Kier molecular flexibility index (Phi) is 2.71. The zero-order valence-electron chi connectivity index (χ0n) is 10.3. The van der Waals surface area contributed by atoms with E-state index < -0.39 is 0 Å². The second kappa shape index (κ2) is 4.37. The van der Waals surface area contributed by atoms with Crippen LogP contribution in [0.25, 0.3) is 11.1 Å². The molecule has 0 amide bonds. The number of fused-ring (bicyclic) bond motifs is 1. The minimum absolute atomic E-state index is 0.0272. The minimum Gasteiger partial charge on any atom is -0.497 e. The minimum atomic E-state index is 0.0272. The van der Waals surface area contributed by atoms with E-state index in [4.69, 9.17) is 9.47 Å². The molecule has 1 radical (unpaired) electrons. The van der Waals surface area contributed by atoms with E-state index in [0.717, 1.165) is 29.0 Å². The molecule has 0 saturated carbocycles. The Morgan fingerprint density at radius 3 is 2.67 bits per heavy atom. The Bertz CT molecular complexity index is 558. The van der Waals surface area contributed by atoms with Gasteiger partial charge in [-0.3, -0.25) is 0 Å². The van der Waals surface area contributed by atoms with Crippen molar-refractivity contribution in [3.05, 3.63) is 55.0 Å². The quantitative estimate of drug-likeness (QED) is 0.798. The fourth-order valence-corrected chi connectivity index (χ4v) is 2.34. The highest BCUT2D eigenvalue weighted by Gasteiger charge is 2.22. The first-order valence-electron chi connectivity index (χ1n) is 6.04. The van der Waals surface area contributed by atoms with Crippen LogP contribution >= 0.6 is 0 Å². The van der Waals surface area contributed by atoms with Gasteiger partial charge < -0.3 is 9.47 Å². The van der Waals surface area contributed by atoms with Crippen LogP contribution in [0.15, 0.2) is 42.5 Å². The zero-order valence-corrected chi connectivity index (χ0v) is 10.3. The van der Waals surface area contributed by atoms with Gasteiger partial charge in [-0.2, -0.15) is 0 Å². The molecule has 0 N–H and O–H groups in total. The molecule has 2 nitrogen and oxygen atoms in total. The van der Waals surface area contributed by atoms with Crippen molar-refractivity contribution in [2.75, 3.05) is 7.11 Å². The summed E-state index contributed by atoms with van der Waals surface area (Å²) in [6, 6.07) is 14.3. The first kappa shape index (κ1) is 11.1. The zero-order chi connectivity index (χ0) is 12.5. The van der Waals surface area contributed by atoms with Gasteiger partial charge in [0.2, 0.25) is 0 Å². The number of benzene rings is 2. The molecule has 0 spiro atoms. The van der Waals surface area contributed by atoms with Crippen LogP contribution in [0.1, 0.15) is 5.56 Å². The van der Waals surface area contributed by atoms with Crippen LogP contribution in [0.4, 0.5) is 0 Å². The van der Waals surface area contributed by atoms with Gasteiger partial charge in [-0.1, -0.05) is 30.3 Å². The van der Waals surface area contributed by atoms with E-state index in [2.05, 4.69) is 25.1 Å². The van der Waals surface area contributed by atoms with Crippen molar-refractivity contribution in [1.82, 2.24) is 0 Å². The number of hydrogen-bond acceptors (Lipinski definition) is 2. The van der Waals surface area contributed by atoms with E-state index in [-0.39, 0.29) is 6.10 Å². The van der Waals surface area contributed by atoms with Gasteiger partial charge >= 0.3 is 0 Å². The number of rotatable bonds is 2. The van der Waals surface area contributed by atoms with Crippen molar-refractivity contribution in [1.29, 1.82) is 0 Å². The summed E-state index contributed by atoms with van der Waals surface area (Å²) >= 11 is 0. The Morgan fingerprint density at radius 1 is 1.17 bits per heavy atom. The van der Waals surface area contributed by atoms with Crippen molar-refractivity contribution >= 4 is 0 Å². The molecule has 2 heteroatoms. The van der Waals surface area contributed by atoms with Crippen LogP contribution in [0.5, 0.6) is 11.5 Å². The second-order valence-electron chi connectivity index (χ2n) is 4.47. The predicted octanol–water partition coefficient (Wildman–Crippen LogP) is 3.50. The predicted molar refractivity (Wildman–Crippen MR) is 71.9 cm³/mol. The topological polar surface area (TPSA) is 18.5 Å². The molecule has 1 atom stereocenters. The highest BCUT2D eigenvalue weighted by Crippen LogP contribution is 2.38. The molecule has 1 unspecified atom stereocenters. The summed E-state index contributed by atoms with van der Waals surface area (Å²) in [6.07, 6.45) is 0.915. The van der Waals surface area contributed by atoms with Gasteiger partial charge in [0.15, 0.2) is 0 Å². The summed E-state index contributed by atoms with van der Waals surface area (Å²) < 4.78 is 11.0. The van der Waals surface area contributed by atoms with Crippen LogP contribution in [-0.2, 0) is 6.42 Å². The normalized spacial score (nSPS) is 17.1. The van der Waals surface area contributed by atoms with Gasteiger partial charge in [-0.05, 0) is 30.2 Å². The van der Waals surface area contributed by atoms with E-state index in [9.17, 15) is 0 Å².